The molecular formula is C15H23BN2O2. The first-order valence-electron chi connectivity index (χ1n) is 7.33. The molecule has 3 rings (SSSR count). The predicted octanol–water partition coefficient (Wildman–Crippen LogP) is 2.86. The monoisotopic (exact) mass is 274 g/mol. The third-order valence-electron chi connectivity index (χ3n) is 4.87. The molecule has 20 heavy (non-hydrogen) atoms. The molecule has 1 unspecified atom stereocenters. The molecule has 1 aliphatic carbocycles. The smallest absolute Gasteiger partial charge is 0.400 e. The van der Waals surface area contributed by atoms with Crippen LogP contribution in [0.3, 0.4) is 0 Å². The minimum absolute atomic E-state index is 0.193. The summed E-state index contributed by atoms with van der Waals surface area (Å²) in [6.45, 7) is 8.39. The molecule has 0 bridgehead atoms. The van der Waals surface area contributed by atoms with Crippen molar-refractivity contribution in [3.05, 3.63) is 29.5 Å². The van der Waals surface area contributed by atoms with Gasteiger partial charge in [-0.2, -0.15) is 5.10 Å². The van der Waals surface area contributed by atoms with Gasteiger partial charge in [-0.05, 0) is 51.6 Å². The second-order valence-electron chi connectivity index (χ2n) is 6.92. The Morgan fingerprint density at radius 2 is 1.90 bits per heavy atom. The molecule has 108 valence electrons. The van der Waals surface area contributed by atoms with Gasteiger partial charge >= 0.3 is 7.12 Å². The molecule has 1 saturated heterocycles. The first-order valence-corrected chi connectivity index (χ1v) is 7.33. The maximum atomic E-state index is 6.13. The highest BCUT2D eigenvalue weighted by molar-refractivity contribution is 6.54. The summed E-state index contributed by atoms with van der Waals surface area (Å²) >= 11 is 0. The average Bonchev–Trinajstić information content (AvgIpc) is 2.98. The van der Waals surface area contributed by atoms with Gasteiger partial charge in [-0.3, -0.25) is 4.68 Å². The Labute approximate surface area is 121 Å². The van der Waals surface area contributed by atoms with Crippen LogP contribution in [0.4, 0.5) is 0 Å². The van der Waals surface area contributed by atoms with Crippen LogP contribution < -0.4 is 0 Å². The summed E-state index contributed by atoms with van der Waals surface area (Å²) in [7, 11) is 1.76. The highest BCUT2D eigenvalue weighted by Crippen LogP contribution is 2.42. The number of hydrogen-bond acceptors (Lipinski definition) is 3. The van der Waals surface area contributed by atoms with Gasteiger partial charge in [0.15, 0.2) is 0 Å². The van der Waals surface area contributed by atoms with Crippen LogP contribution in [0.1, 0.15) is 52.0 Å². The fourth-order valence-corrected chi connectivity index (χ4v) is 2.83. The van der Waals surface area contributed by atoms with Crippen molar-refractivity contribution >= 4 is 7.12 Å². The number of nitrogens with zero attached hydrogens (tertiary/aromatic N) is 2. The van der Waals surface area contributed by atoms with Gasteiger partial charge in [-0.1, -0.05) is 6.08 Å². The van der Waals surface area contributed by atoms with Crippen LogP contribution in [-0.2, 0) is 16.4 Å². The van der Waals surface area contributed by atoms with Crippen LogP contribution in [-0.4, -0.2) is 28.1 Å². The zero-order chi connectivity index (χ0) is 14.5. The average molecular weight is 274 g/mol. The number of aromatic nitrogens is 2. The number of rotatable bonds is 2. The zero-order valence-electron chi connectivity index (χ0n) is 13.0. The fraction of sp³-hybridized carbons (Fsp3) is 0.667. The number of allylic oxidation sites excluding steroid dienone is 2. The highest BCUT2D eigenvalue weighted by Gasteiger charge is 2.52. The van der Waals surface area contributed by atoms with Gasteiger partial charge in [0.05, 0.1) is 17.4 Å². The fourth-order valence-electron chi connectivity index (χ4n) is 2.83. The first kappa shape index (κ1) is 13.9. The maximum Gasteiger partial charge on any atom is 0.490 e. The Bertz CT molecular complexity index is 532. The van der Waals surface area contributed by atoms with E-state index in [0.29, 0.717) is 5.92 Å². The normalized spacial score (nSPS) is 27.9. The van der Waals surface area contributed by atoms with Crippen LogP contribution in [0.15, 0.2) is 23.9 Å². The minimum Gasteiger partial charge on any atom is -0.400 e. The van der Waals surface area contributed by atoms with E-state index >= 15 is 0 Å². The quantitative estimate of drug-likeness (QED) is 0.778. The highest BCUT2D eigenvalue weighted by atomic mass is 16.7. The van der Waals surface area contributed by atoms with E-state index in [0.717, 1.165) is 12.8 Å². The molecule has 0 spiro atoms. The molecule has 1 aliphatic heterocycles. The van der Waals surface area contributed by atoms with Crippen molar-refractivity contribution in [2.75, 3.05) is 0 Å². The summed E-state index contributed by atoms with van der Waals surface area (Å²) in [6.07, 6.45) is 8.50. The van der Waals surface area contributed by atoms with Crippen molar-refractivity contribution < 1.29 is 9.31 Å². The number of aryl methyl sites for hydroxylation is 1. The SMILES string of the molecule is Cn1cc(C2C=C(B3OC(C)(C)C(C)(C)O3)CC2)cn1. The number of hydrogen-bond donors (Lipinski definition) is 0. The van der Waals surface area contributed by atoms with E-state index in [2.05, 4.69) is 45.1 Å². The van der Waals surface area contributed by atoms with Crippen molar-refractivity contribution in [3.63, 3.8) is 0 Å². The molecule has 0 N–H and O–H groups in total. The summed E-state index contributed by atoms with van der Waals surface area (Å²) in [5.41, 5.74) is 2.03. The molecule has 4 nitrogen and oxygen atoms in total. The predicted molar refractivity (Wildman–Crippen MR) is 79.3 cm³/mol. The molecule has 0 radical (unpaired) electrons. The summed E-state index contributed by atoms with van der Waals surface area (Å²) < 4.78 is 14.1. The van der Waals surface area contributed by atoms with Gasteiger partial charge in [-0.15, -0.1) is 0 Å². The van der Waals surface area contributed by atoms with Gasteiger partial charge in [0, 0.05) is 19.2 Å². The lowest BCUT2D eigenvalue weighted by Crippen LogP contribution is -2.41. The van der Waals surface area contributed by atoms with Gasteiger partial charge in [-0.25, -0.2) is 0 Å². The van der Waals surface area contributed by atoms with Gasteiger partial charge in [0.1, 0.15) is 0 Å². The molecule has 1 aromatic heterocycles. The van der Waals surface area contributed by atoms with Gasteiger partial charge < -0.3 is 9.31 Å². The second kappa shape index (κ2) is 4.47. The molecule has 0 amide bonds. The minimum atomic E-state index is -0.259. The Morgan fingerprint density at radius 1 is 1.25 bits per heavy atom. The van der Waals surface area contributed by atoms with Crippen LogP contribution in [0.2, 0.25) is 0 Å². The van der Waals surface area contributed by atoms with E-state index in [1.165, 1.54) is 11.0 Å². The van der Waals surface area contributed by atoms with Gasteiger partial charge in [0.25, 0.3) is 0 Å². The van der Waals surface area contributed by atoms with E-state index in [-0.39, 0.29) is 18.3 Å². The van der Waals surface area contributed by atoms with Crippen LogP contribution >= 0.6 is 0 Å². The lowest BCUT2D eigenvalue weighted by Gasteiger charge is -2.32. The Morgan fingerprint density at radius 3 is 2.45 bits per heavy atom. The summed E-state index contributed by atoms with van der Waals surface area (Å²) in [6, 6.07) is 0. The van der Waals surface area contributed by atoms with E-state index in [4.69, 9.17) is 9.31 Å². The standard InChI is InChI=1S/C15H23BN2O2/c1-14(2)15(3,4)20-16(19-14)13-7-6-11(8-13)12-9-17-18(5)10-12/h8-11H,6-7H2,1-5H3. The third-order valence-corrected chi connectivity index (χ3v) is 4.87. The second-order valence-corrected chi connectivity index (χ2v) is 6.92. The van der Waals surface area contributed by atoms with Crippen LogP contribution in [0.5, 0.6) is 0 Å². The molecular weight excluding hydrogens is 251 g/mol. The summed E-state index contributed by atoms with van der Waals surface area (Å²) in [5.74, 6) is 0.442. The Hall–Kier alpha value is -1.07. The van der Waals surface area contributed by atoms with Crippen molar-refractivity contribution in [2.24, 2.45) is 7.05 Å². The Balaban J connectivity index is 1.77. The molecule has 2 heterocycles. The molecule has 2 aliphatic rings. The van der Waals surface area contributed by atoms with E-state index in [1.807, 2.05) is 17.9 Å². The first-order chi connectivity index (χ1) is 9.28. The molecule has 0 aromatic carbocycles. The maximum absolute atomic E-state index is 6.13. The van der Waals surface area contributed by atoms with Crippen molar-refractivity contribution in [1.82, 2.24) is 9.78 Å². The van der Waals surface area contributed by atoms with E-state index in [1.54, 1.807) is 0 Å². The van der Waals surface area contributed by atoms with Crippen LogP contribution in [0, 0.1) is 0 Å². The van der Waals surface area contributed by atoms with Crippen molar-refractivity contribution in [2.45, 2.75) is 57.7 Å². The topological polar surface area (TPSA) is 36.3 Å². The van der Waals surface area contributed by atoms with E-state index in [9.17, 15) is 0 Å². The zero-order valence-corrected chi connectivity index (χ0v) is 13.0. The molecule has 1 fully saturated rings. The van der Waals surface area contributed by atoms with E-state index < -0.39 is 0 Å². The Kier molecular flexibility index (Phi) is 3.10. The summed E-state index contributed by atoms with van der Waals surface area (Å²) in [4.78, 5) is 0. The third kappa shape index (κ3) is 2.23. The van der Waals surface area contributed by atoms with Crippen LogP contribution in [0.25, 0.3) is 0 Å². The molecule has 0 saturated carbocycles. The van der Waals surface area contributed by atoms with Crippen molar-refractivity contribution in [1.29, 1.82) is 0 Å². The molecule has 1 aromatic rings. The lowest BCUT2D eigenvalue weighted by molar-refractivity contribution is 0.00578. The van der Waals surface area contributed by atoms with Gasteiger partial charge in [0.2, 0.25) is 0 Å². The largest absolute Gasteiger partial charge is 0.490 e. The molecule has 1 atom stereocenters. The summed E-state index contributed by atoms with van der Waals surface area (Å²) in [5, 5.41) is 4.25. The van der Waals surface area contributed by atoms with Crippen molar-refractivity contribution in [3.8, 4) is 0 Å². The lowest BCUT2D eigenvalue weighted by atomic mass is 9.78. The molecule has 5 heteroatoms.